The highest BCUT2D eigenvalue weighted by Crippen LogP contribution is 2.30. The number of carboxylic acid groups (broad SMARTS) is 1. The summed E-state index contributed by atoms with van der Waals surface area (Å²) in [7, 11) is 0. The fourth-order valence-electron chi connectivity index (χ4n) is 2.64. The Balaban J connectivity index is 0.000000244. The van der Waals surface area contributed by atoms with Crippen LogP contribution in [0.2, 0.25) is 0 Å². The normalized spacial score (nSPS) is 19.6. The maximum absolute atomic E-state index is 11.0. The molecule has 0 saturated carbocycles. The van der Waals surface area contributed by atoms with Gasteiger partial charge in [0.25, 0.3) is 0 Å². The zero-order valence-corrected chi connectivity index (χ0v) is 15.6. The summed E-state index contributed by atoms with van der Waals surface area (Å²) in [4.78, 5) is 38.3. The van der Waals surface area contributed by atoms with E-state index in [1.807, 2.05) is 4.90 Å². The van der Waals surface area contributed by atoms with Crippen LogP contribution in [0.15, 0.2) is 0 Å². The number of hydrogen-bond donors (Lipinski definition) is 5. The number of aromatic carboxylic acids is 1. The van der Waals surface area contributed by atoms with Crippen LogP contribution in [0, 0.1) is 5.92 Å². The molecular weight excluding hydrogens is 376 g/mol. The summed E-state index contributed by atoms with van der Waals surface area (Å²) in [5, 5.41) is 14.9. The zero-order chi connectivity index (χ0) is 19.8. The van der Waals surface area contributed by atoms with Crippen molar-refractivity contribution in [1.29, 1.82) is 0 Å². The Morgan fingerprint density at radius 1 is 1.30 bits per heavy atom. The van der Waals surface area contributed by atoms with Gasteiger partial charge in [0.2, 0.25) is 5.91 Å². The van der Waals surface area contributed by atoms with Gasteiger partial charge in [-0.1, -0.05) is 11.3 Å². The van der Waals surface area contributed by atoms with Crippen LogP contribution in [0.4, 0.5) is 15.7 Å². The number of urea groups is 1. The molecule has 150 valence electrons. The maximum atomic E-state index is 11.0. The molecule has 3 heterocycles. The molecule has 0 radical (unpaired) electrons. The number of carbonyl (C=O) groups excluding carboxylic acids is 2. The van der Waals surface area contributed by atoms with Crippen molar-refractivity contribution in [1.82, 2.24) is 10.3 Å². The van der Waals surface area contributed by atoms with Crippen molar-refractivity contribution in [3.63, 3.8) is 0 Å². The van der Waals surface area contributed by atoms with Crippen molar-refractivity contribution in [2.24, 2.45) is 17.4 Å². The number of nitrogens with one attached hydrogen (secondary N) is 2. The summed E-state index contributed by atoms with van der Waals surface area (Å²) in [6.45, 7) is 4.23. The second-order valence-corrected chi connectivity index (χ2v) is 6.99. The number of rotatable bonds is 4. The molecule has 11 nitrogen and oxygen atoms in total. The molecule has 3 rings (SSSR count). The van der Waals surface area contributed by atoms with Crippen molar-refractivity contribution in [3.8, 4) is 0 Å². The van der Waals surface area contributed by atoms with Crippen molar-refractivity contribution in [2.75, 3.05) is 49.6 Å². The van der Waals surface area contributed by atoms with E-state index in [0.717, 1.165) is 37.3 Å². The van der Waals surface area contributed by atoms with Crippen LogP contribution in [0.1, 0.15) is 22.5 Å². The van der Waals surface area contributed by atoms with Crippen LogP contribution >= 0.6 is 11.3 Å². The van der Waals surface area contributed by atoms with Crippen molar-refractivity contribution in [2.45, 2.75) is 12.8 Å². The van der Waals surface area contributed by atoms with Gasteiger partial charge >= 0.3 is 12.0 Å². The molecule has 7 N–H and O–H groups in total. The van der Waals surface area contributed by atoms with Gasteiger partial charge < -0.3 is 31.5 Å². The molecule has 2 fully saturated rings. The first-order valence-corrected chi connectivity index (χ1v) is 9.33. The van der Waals surface area contributed by atoms with Gasteiger partial charge in [-0.2, -0.15) is 0 Å². The van der Waals surface area contributed by atoms with Crippen LogP contribution in [-0.2, 0) is 9.53 Å². The number of morpholine rings is 1. The average molecular weight is 400 g/mol. The van der Waals surface area contributed by atoms with Crippen LogP contribution in [0.5, 0.6) is 0 Å². The van der Waals surface area contributed by atoms with E-state index in [1.165, 1.54) is 0 Å². The molecule has 0 bridgehead atoms. The lowest BCUT2D eigenvalue weighted by Crippen LogP contribution is -2.37. The molecule has 2 saturated heterocycles. The molecule has 0 aliphatic carbocycles. The summed E-state index contributed by atoms with van der Waals surface area (Å²) in [5.74, 6) is -1.24. The van der Waals surface area contributed by atoms with Crippen molar-refractivity contribution < 1.29 is 24.2 Å². The third-order valence-corrected chi connectivity index (χ3v) is 5.14. The lowest BCUT2D eigenvalue weighted by Gasteiger charge is -2.25. The molecule has 2 aliphatic heterocycles. The second-order valence-electron chi connectivity index (χ2n) is 6.01. The minimum atomic E-state index is -1.14. The number of anilines is 2. The maximum Gasteiger partial charge on any atom is 0.349 e. The summed E-state index contributed by atoms with van der Waals surface area (Å²) >= 11 is 1.01. The second kappa shape index (κ2) is 10.0. The monoisotopic (exact) mass is 400 g/mol. The number of hydrogen-bond acceptors (Lipinski definition) is 8. The number of carbonyl (C=O) groups is 3. The van der Waals surface area contributed by atoms with Crippen LogP contribution in [0.25, 0.3) is 0 Å². The number of ether oxygens (including phenoxy) is 1. The lowest BCUT2D eigenvalue weighted by molar-refractivity contribution is -0.122. The molecule has 0 unspecified atom stereocenters. The van der Waals surface area contributed by atoms with Gasteiger partial charge in [0, 0.05) is 19.6 Å². The highest BCUT2D eigenvalue weighted by Gasteiger charge is 2.22. The standard InChI is InChI=1S/C9H12N4O4S.C6H12N2O/c10-8(16)11-6-5(7(14)15)18-9(12-6)13-1-3-17-4-2-13;7-6(9)5-2-1-3-8-4-5/h1-4H2,(H,14,15)(H3,10,11,16);5,8H,1-4H2,(H2,7,9)/t;5-/m.0/s1. The predicted molar refractivity (Wildman–Crippen MR) is 100 cm³/mol. The molecule has 12 heteroatoms. The first-order valence-electron chi connectivity index (χ1n) is 8.51. The SMILES string of the molecule is NC(=O)Nc1nc(N2CCOCC2)sc1C(=O)O.NC(=O)[C@H]1CCCNC1. The summed E-state index contributed by atoms with van der Waals surface area (Å²) in [5.41, 5.74) is 10.1. The molecule has 1 atom stereocenters. The number of primary amides is 2. The molecule has 2 aliphatic rings. The first kappa shape index (κ1) is 20.9. The summed E-state index contributed by atoms with van der Waals surface area (Å²) in [6.07, 6.45) is 2.04. The highest BCUT2D eigenvalue weighted by molar-refractivity contribution is 7.18. The van der Waals surface area contributed by atoms with E-state index < -0.39 is 12.0 Å². The van der Waals surface area contributed by atoms with Crippen LogP contribution in [-0.4, -0.2) is 67.4 Å². The number of nitrogens with zero attached hydrogens (tertiary/aromatic N) is 2. The first-order chi connectivity index (χ1) is 12.9. The molecule has 0 spiro atoms. The van der Waals surface area contributed by atoms with Gasteiger partial charge in [0.15, 0.2) is 15.8 Å². The van der Waals surface area contributed by atoms with Crippen molar-refractivity contribution >= 4 is 40.2 Å². The van der Waals surface area contributed by atoms with Gasteiger partial charge in [0.05, 0.1) is 19.1 Å². The third kappa shape index (κ3) is 6.34. The average Bonchev–Trinajstić information content (AvgIpc) is 3.07. The molecule has 1 aromatic rings. The Labute approximate surface area is 160 Å². The summed E-state index contributed by atoms with van der Waals surface area (Å²) < 4.78 is 5.20. The van der Waals surface area contributed by atoms with Gasteiger partial charge in [-0.05, 0) is 19.4 Å². The lowest BCUT2D eigenvalue weighted by atomic mass is 9.99. The molecular formula is C15H24N6O5S. The highest BCUT2D eigenvalue weighted by atomic mass is 32.1. The molecule has 27 heavy (non-hydrogen) atoms. The van der Waals surface area contributed by atoms with E-state index in [1.54, 1.807) is 0 Å². The minimum Gasteiger partial charge on any atom is -0.477 e. The Bertz CT molecular complexity index is 670. The van der Waals surface area contributed by atoms with Crippen molar-refractivity contribution in [3.05, 3.63) is 4.88 Å². The Morgan fingerprint density at radius 3 is 2.48 bits per heavy atom. The number of aromatic nitrogens is 1. The third-order valence-electron chi connectivity index (χ3n) is 4.03. The number of thiazole rings is 1. The van der Waals surface area contributed by atoms with E-state index in [2.05, 4.69) is 15.6 Å². The molecule has 3 amide bonds. The van der Waals surface area contributed by atoms with Crippen LogP contribution in [0.3, 0.4) is 0 Å². The van der Waals surface area contributed by atoms with Gasteiger partial charge in [0.1, 0.15) is 0 Å². The number of piperidine rings is 1. The van der Waals surface area contributed by atoms with Gasteiger partial charge in [-0.3, -0.25) is 10.1 Å². The predicted octanol–water partition coefficient (Wildman–Crippen LogP) is -0.360. The topological polar surface area (TPSA) is 173 Å². The number of nitrogens with two attached hydrogens (primary N) is 2. The van der Waals surface area contributed by atoms with Crippen LogP contribution < -0.4 is 27.0 Å². The number of carboxylic acids is 1. The van der Waals surface area contributed by atoms with E-state index in [4.69, 9.17) is 21.3 Å². The smallest absolute Gasteiger partial charge is 0.349 e. The molecule has 0 aromatic carbocycles. The largest absolute Gasteiger partial charge is 0.477 e. The van der Waals surface area contributed by atoms with E-state index >= 15 is 0 Å². The quantitative estimate of drug-likeness (QED) is 0.455. The van der Waals surface area contributed by atoms with Gasteiger partial charge in [-0.15, -0.1) is 0 Å². The fraction of sp³-hybridized carbons (Fsp3) is 0.600. The van der Waals surface area contributed by atoms with E-state index in [-0.39, 0.29) is 22.5 Å². The summed E-state index contributed by atoms with van der Waals surface area (Å²) in [6, 6.07) is -0.837. The zero-order valence-electron chi connectivity index (χ0n) is 14.8. The van der Waals surface area contributed by atoms with E-state index in [0.29, 0.717) is 31.4 Å². The fourth-order valence-corrected chi connectivity index (χ4v) is 3.55. The Hall–Kier alpha value is -2.44. The van der Waals surface area contributed by atoms with Gasteiger partial charge in [-0.25, -0.2) is 14.6 Å². The van der Waals surface area contributed by atoms with E-state index in [9.17, 15) is 14.4 Å². The number of amides is 3. The Morgan fingerprint density at radius 2 is 2.00 bits per heavy atom. The minimum absolute atomic E-state index is 0.0125. The Kier molecular flexibility index (Phi) is 7.76. The molecule has 1 aromatic heterocycles.